The van der Waals surface area contributed by atoms with Gasteiger partial charge in [-0.25, -0.2) is 9.59 Å². The highest BCUT2D eigenvalue weighted by atomic mass is 127. The lowest BCUT2D eigenvalue weighted by molar-refractivity contribution is 0.0472. The van der Waals surface area contributed by atoms with Crippen LogP contribution in [-0.2, 0) is 9.47 Å². The topological polar surface area (TPSA) is 85.5 Å². The number of rotatable bonds is 6. The van der Waals surface area contributed by atoms with Gasteiger partial charge in [-0.1, -0.05) is 0 Å². The van der Waals surface area contributed by atoms with Gasteiger partial charge < -0.3 is 14.5 Å². The van der Waals surface area contributed by atoms with Crippen LogP contribution in [0.2, 0.25) is 0 Å². The van der Waals surface area contributed by atoms with E-state index in [1.54, 1.807) is 45.0 Å². The van der Waals surface area contributed by atoms with Crippen LogP contribution in [0.1, 0.15) is 49.4 Å². The number of H-pyrrole nitrogens is 1. The average Bonchev–Trinajstić information content (AvgIpc) is 2.87. The minimum Gasteiger partial charge on any atom is -0.462 e. The summed E-state index contributed by atoms with van der Waals surface area (Å²) in [7, 11) is 0. The molecule has 0 bridgehead atoms. The third kappa shape index (κ3) is 4.47. The lowest BCUT2D eigenvalue weighted by Gasteiger charge is -2.07. The summed E-state index contributed by atoms with van der Waals surface area (Å²) in [5.41, 5.74) is 1.83. The van der Waals surface area contributed by atoms with E-state index in [1.165, 1.54) is 0 Å². The first-order chi connectivity index (χ1) is 11.8. The van der Waals surface area contributed by atoms with Crippen molar-refractivity contribution >= 4 is 40.3 Å². The van der Waals surface area contributed by atoms with Crippen molar-refractivity contribution in [1.29, 1.82) is 0 Å². The molecule has 0 aliphatic carbocycles. The number of ketones is 1. The third-order valence-corrected chi connectivity index (χ3v) is 4.27. The maximum absolute atomic E-state index is 12.5. The number of nitrogens with one attached hydrogen (secondary N) is 1. The van der Waals surface area contributed by atoms with Gasteiger partial charge in [0.1, 0.15) is 0 Å². The van der Waals surface area contributed by atoms with Gasteiger partial charge in [-0.05, 0) is 67.6 Å². The maximum atomic E-state index is 12.5. The molecule has 0 saturated heterocycles. The summed E-state index contributed by atoms with van der Waals surface area (Å²) in [6.07, 6.45) is 0. The fourth-order valence-electron chi connectivity index (χ4n) is 2.46. The first kappa shape index (κ1) is 19.2. The molecule has 6 nitrogen and oxygen atoms in total. The van der Waals surface area contributed by atoms with Crippen LogP contribution in [0.15, 0.2) is 24.3 Å². The molecule has 0 fully saturated rings. The highest BCUT2D eigenvalue weighted by Crippen LogP contribution is 2.20. The van der Waals surface area contributed by atoms with Crippen LogP contribution < -0.4 is 0 Å². The van der Waals surface area contributed by atoms with E-state index in [1.807, 2.05) is 0 Å². The Morgan fingerprint density at radius 3 is 2.16 bits per heavy atom. The summed E-state index contributed by atoms with van der Waals surface area (Å²) in [6, 6.07) is 6.81. The van der Waals surface area contributed by atoms with E-state index in [2.05, 4.69) is 27.6 Å². The molecule has 0 spiro atoms. The molecule has 0 aliphatic rings. The summed E-state index contributed by atoms with van der Waals surface area (Å²) < 4.78 is 11.1. The van der Waals surface area contributed by atoms with E-state index in [4.69, 9.17) is 9.47 Å². The van der Waals surface area contributed by atoms with Crippen LogP contribution >= 0.6 is 22.6 Å². The number of carbonyl (C=O) groups is 3. The number of aromatic amines is 1. The van der Waals surface area contributed by atoms with E-state index >= 15 is 0 Å². The van der Waals surface area contributed by atoms with Gasteiger partial charge in [0.25, 0.3) is 0 Å². The summed E-state index contributed by atoms with van der Waals surface area (Å²) in [5.74, 6) is -1.62. The Bertz CT molecular complexity index is 808. The Balaban J connectivity index is 2.14. The lowest BCUT2D eigenvalue weighted by Crippen LogP contribution is -2.18. The van der Waals surface area contributed by atoms with Crippen molar-refractivity contribution in [2.24, 2.45) is 0 Å². The Kier molecular flexibility index (Phi) is 6.35. The second-order valence-electron chi connectivity index (χ2n) is 5.35. The van der Waals surface area contributed by atoms with Gasteiger partial charge in [0.2, 0.25) is 5.78 Å². The van der Waals surface area contributed by atoms with Crippen LogP contribution in [0.25, 0.3) is 0 Å². The second-order valence-corrected chi connectivity index (χ2v) is 6.60. The molecule has 2 aromatic rings. The first-order valence-corrected chi connectivity index (χ1v) is 8.75. The lowest BCUT2D eigenvalue weighted by atomic mass is 10.1. The van der Waals surface area contributed by atoms with E-state index in [0.717, 1.165) is 3.57 Å². The Labute approximate surface area is 159 Å². The molecule has 0 saturated carbocycles. The highest BCUT2D eigenvalue weighted by Gasteiger charge is 2.26. The number of benzene rings is 1. The maximum Gasteiger partial charge on any atom is 0.340 e. The largest absolute Gasteiger partial charge is 0.462 e. The molecule has 0 aliphatic heterocycles. The van der Waals surface area contributed by atoms with Crippen molar-refractivity contribution in [3.63, 3.8) is 0 Å². The van der Waals surface area contributed by atoms with Crippen LogP contribution in [0, 0.1) is 17.4 Å². The van der Waals surface area contributed by atoms with E-state index in [-0.39, 0.29) is 17.7 Å². The molecule has 132 valence electrons. The number of hydrogen-bond acceptors (Lipinski definition) is 5. The summed E-state index contributed by atoms with van der Waals surface area (Å²) in [6.45, 7) is 4.82. The Hall–Kier alpha value is -2.16. The molecule has 0 unspecified atom stereocenters. The van der Waals surface area contributed by atoms with Crippen LogP contribution in [-0.4, -0.2) is 35.9 Å². The fraction of sp³-hybridized carbons (Fsp3) is 0.278. The summed E-state index contributed by atoms with van der Waals surface area (Å²) in [5, 5.41) is 0. The smallest absolute Gasteiger partial charge is 0.340 e. The zero-order valence-electron chi connectivity index (χ0n) is 14.1. The van der Waals surface area contributed by atoms with Crippen LogP contribution in [0.3, 0.4) is 0 Å². The van der Waals surface area contributed by atoms with E-state index in [0.29, 0.717) is 17.0 Å². The normalized spacial score (nSPS) is 10.4. The third-order valence-electron chi connectivity index (χ3n) is 3.55. The average molecular weight is 455 g/mol. The number of halogens is 1. The molecule has 0 atom stereocenters. The van der Waals surface area contributed by atoms with Crippen molar-refractivity contribution < 1.29 is 23.9 Å². The Morgan fingerprint density at radius 1 is 0.960 bits per heavy atom. The van der Waals surface area contributed by atoms with Crippen LogP contribution in [0.5, 0.6) is 0 Å². The SMILES string of the molecule is CCOC(=O)c1c(C)[nH]c(C)c1C(=O)COC(=O)c1ccc(I)cc1. The highest BCUT2D eigenvalue weighted by molar-refractivity contribution is 14.1. The quantitative estimate of drug-likeness (QED) is 0.410. The van der Waals surface area contributed by atoms with Crippen molar-refractivity contribution in [1.82, 2.24) is 4.98 Å². The van der Waals surface area contributed by atoms with E-state index in [9.17, 15) is 14.4 Å². The van der Waals surface area contributed by atoms with Gasteiger partial charge in [0.05, 0.1) is 23.3 Å². The molecule has 0 radical (unpaired) electrons. The van der Waals surface area contributed by atoms with Gasteiger partial charge in [0, 0.05) is 15.0 Å². The predicted molar refractivity (Wildman–Crippen MR) is 100.0 cm³/mol. The fourth-order valence-corrected chi connectivity index (χ4v) is 2.82. The number of ether oxygens (including phenoxy) is 2. The minimum absolute atomic E-state index is 0.190. The van der Waals surface area contributed by atoms with Crippen molar-refractivity contribution in [3.8, 4) is 0 Å². The number of aromatic nitrogens is 1. The molecule has 2 rings (SSSR count). The monoisotopic (exact) mass is 455 g/mol. The molecule has 1 N–H and O–H groups in total. The van der Waals surface area contributed by atoms with Gasteiger partial charge in [-0.15, -0.1) is 0 Å². The second kappa shape index (κ2) is 8.28. The number of esters is 2. The molecule has 0 amide bonds. The molecular formula is C18H18INO5. The summed E-state index contributed by atoms with van der Waals surface area (Å²) >= 11 is 2.13. The van der Waals surface area contributed by atoms with Crippen molar-refractivity contribution in [3.05, 3.63) is 55.9 Å². The molecule has 25 heavy (non-hydrogen) atoms. The number of carbonyl (C=O) groups excluding carboxylic acids is 3. The number of aryl methyl sites for hydroxylation is 2. The van der Waals surface area contributed by atoms with Crippen molar-refractivity contribution in [2.75, 3.05) is 13.2 Å². The molecule has 7 heteroatoms. The number of Topliss-reactive ketones (excluding diaryl/α,β-unsaturated/α-hetero) is 1. The van der Waals surface area contributed by atoms with Gasteiger partial charge in [-0.2, -0.15) is 0 Å². The standard InChI is InChI=1S/C18H18INO5/c1-4-24-18(23)16-11(3)20-10(2)15(16)14(21)9-25-17(22)12-5-7-13(19)8-6-12/h5-8,20H,4,9H2,1-3H3. The van der Waals surface area contributed by atoms with Gasteiger partial charge in [0.15, 0.2) is 6.61 Å². The first-order valence-electron chi connectivity index (χ1n) is 7.67. The minimum atomic E-state index is -0.590. The molecule has 1 aromatic carbocycles. The zero-order valence-corrected chi connectivity index (χ0v) is 16.3. The Morgan fingerprint density at radius 2 is 1.56 bits per heavy atom. The van der Waals surface area contributed by atoms with Crippen molar-refractivity contribution in [2.45, 2.75) is 20.8 Å². The van der Waals surface area contributed by atoms with E-state index < -0.39 is 24.3 Å². The zero-order chi connectivity index (χ0) is 18.6. The number of hydrogen-bond donors (Lipinski definition) is 1. The molecular weight excluding hydrogens is 437 g/mol. The predicted octanol–water partition coefficient (Wildman–Crippen LogP) is 3.45. The summed E-state index contributed by atoms with van der Waals surface area (Å²) in [4.78, 5) is 39.6. The van der Waals surface area contributed by atoms with Crippen LogP contribution in [0.4, 0.5) is 0 Å². The molecule has 1 heterocycles. The van der Waals surface area contributed by atoms with Gasteiger partial charge in [-0.3, -0.25) is 4.79 Å². The van der Waals surface area contributed by atoms with Gasteiger partial charge >= 0.3 is 11.9 Å². The molecule has 1 aromatic heterocycles.